The number of nitrogens with zero attached hydrogens (tertiary/aromatic N) is 2. The number of nitrogens with one attached hydrogen (secondary N) is 2. The fourth-order valence-electron chi connectivity index (χ4n) is 4.59. The van der Waals surface area contributed by atoms with Gasteiger partial charge in [-0.05, 0) is 60.4 Å². The Morgan fingerprint density at radius 3 is 1.47 bits per heavy atom. The highest BCUT2D eigenvalue weighted by Gasteiger charge is 2.16. The summed E-state index contributed by atoms with van der Waals surface area (Å²) in [6.45, 7) is 5.29. The number of rotatable bonds is 11. The minimum atomic E-state index is -0.000326. The van der Waals surface area contributed by atoms with Crippen molar-refractivity contribution < 1.29 is 19.1 Å². The monoisotopic (exact) mass is 490 g/mol. The van der Waals surface area contributed by atoms with Crippen LogP contribution in [0.25, 0.3) is 21.8 Å². The SMILES string of the molecule is COc1ccc2[nH]cc(CCN(CCN(CCc3c[nH]c4ccc(OC)cc34)C(C)=O)C(C)=O)c2c1. The lowest BCUT2D eigenvalue weighted by molar-refractivity contribution is -0.132. The molecule has 0 saturated heterocycles. The average molecular weight is 491 g/mol. The molecule has 0 atom stereocenters. The molecule has 4 rings (SSSR count). The fraction of sp³-hybridized carbons (Fsp3) is 0.357. The van der Waals surface area contributed by atoms with Crippen molar-refractivity contribution in [1.82, 2.24) is 19.8 Å². The molecule has 0 aliphatic heterocycles. The first-order valence-corrected chi connectivity index (χ1v) is 12.2. The molecule has 190 valence electrons. The first kappa shape index (κ1) is 25.2. The zero-order chi connectivity index (χ0) is 25.7. The molecule has 2 aromatic carbocycles. The summed E-state index contributed by atoms with van der Waals surface area (Å²) in [5.74, 6) is 1.61. The molecule has 0 saturated carbocycles. The van der Waals surface area contributed by atoms with Gasteiger partial charge in [-0.15, -0.1) is 0 Å². The number of amides is 2. The lowest BCUT2D eigenvalue weighted by atomic mass is 10.1. The van der Waals surface area contributed by atoms with Gasteiger partial charge < -0.3 is 29.2 Å². The van der Waals surface area contributed by atoms with Crippen LogP contribution in [0.4, 0.5) is 0 Å². The molecular formula is C28H34N4O4. The molecule has 2 aromatic heterocycles. The third kappa shape index (κ3) is 5.64. The molecule has 0 radical (unpaired) electrons. The van der Waals surface area contributed by atoms with Crippen molar-refractivity contribution in [3.63, 3.8) is 0 Å². The van der Waals surface area contributed by atoms with Gasteiger partial charge in [-0.3, -0.25) is 9.59 Å². The molecule has 36 heavy (non-hydrogen) atoms. The van der Waals surface area contributed by atoms with Crippen LogP contribution in [0.15, 0.2) is 48.8 Å². The Hall–Kier alpha value is -3.94. The molecule has 8 nitrogen and oxygen atoms in total. The lowest BCUT2D eigenvalue weighted by Crippen LogP contribution is -2.41. The second-order valence-electron chi connectivity index (χ2n) is 8.96. The number of carbonyl (C=O) groups excluding carboxylic acids is 2. The Morgan fingerprint density at radius 2 is 1.11 bits per heavy atom. The molecule has 8 heteroatoms. The van der Waals surface area contributed by atoms with Gasteiger partial charge in [-0.1, -0.05) is 0 Å². The van der Waals surface area contributed by atoms with E-state index in [1.807, 2.05) is 58.6 Å². The number of fused-ring (bicyclic) bond motifs is 2. The summed E-state index contributed by atoms with van der Waals surface area (Å²) < 4.78 is 10.7. The van der Waals surface area contributed by atoms with Gasteiger partial charge in [0.1, 0.15) is 11.5 Å². The summed E-state index contributed by atoms with van der Waals surface area (Å²) in [7, 11) is 3.31. The van der Waals surface area contributed by atoms with Gasteiger partial charge >= 0.3 is 0 Å². The van der Waals surface area contributed by atoms with Crippen molar-refractivity contribution in [2.45, 2.75) is 26.7 Å². The van der Waals surface area contributed by atoms with Crippen LogP contribution in [-0.4, -0.2) is 72.0 Å². The van der Waals surface area contributed by atoms with E-state index in [0.29, 0.717) is 39.0 Å². The number of benzene rings is 2. The Kier molecular flexibility index (Phi) is 7.83. The highest BCUT2D eigenvalue weighted by Crippen LogP contribution is 2.25. The first-order chi connectivity index (χ1) is 17.4. The van der Waals surface area contributed by atoms with Crippen LogP contribution in [-0.2, 0) is 22.4 Å². The van der Waals surface area contributed by atoms with Gasteiger partial charge in [-0.25, -0.2) is 0 Å². The maximum atomic E-state index is 12.4. The van der Waals surface area contributed by atoms with E-state index >= 15 is 0 Å². The van der Waals surface area contributed by atoms with Crippen molar-refractivity contribution in [1.29, 1.82) is 0 Å². The second kappa shape index (κ2) is 11.2. The number of aromatic amines is 2. The summed E-state index contributed by atoms with van der Waals surface area (Å²) in [5, 5.41) is 2.19. The maximum absolute atomic E-state index is 12.4. The van der Waals surface area contributed by atoms with Crippen molar-refractivity contribution in [2.24, 2.45) is 0 Å². The van der Waals surface area contributed by atoms with Gasteiger partial charge in [0, 0.05) is 74.2 Å². The largest absolute Gasteiger partial charge is 0.497 e. The van der Waals surface area contributed by atoms with E-state index in [9.17, 15) is 9.59 Å². The Morgan fingerprint density at radius 1 is 0.694 bits per heavy atom. The van der Waals surface area contributed by atoms with Crippen molar-refractivity contribution in [3.8, 4) is 11.5 Å². The lowest BCUT2D eigenvalue weighted by Gasteiger charge is -2.26. The quantitative estimate of drug-likeness (QED) is 0.331. The van der Waals surface area contributed by atoms with Crippen LogP contribution in [0, 0.1) is 0 Å². The Labute approximate surface area is 211 Å². The van der Waals surface area contributed by atoms with E-state index in [2.05, 4.69) is 9.97 Å². The molecular weight excluding hydrogens is 456 g/mol. The maximum Gasteiger partial charge on any atom is 0.219 e. The van der Waals surface area contributed by atoms with Gasteiger partial charge in [0.05, 0.1) is 14.2 Å². The van der Waals surface area contributed by atoms with Gasteiger partial charge in [0.25, 0.3) is 0 Å². The van der Waals surface area contributed by atoms with Crippen molar-refractivity contribution in [3.05, 3.63) is 59.9 Å². The molecule has 2 N–H and O–H groups in total. The van der Waals surface area contributed by atoms with Gasteiger partial charge in [0.2, 0.25) is 11.8 Å². The standard InChI is InChI=1S/C28H34N4O4/c1-19(33)31(11-9-21-17-29-27-7-5-23(35-3)15-25(21)27)13-14-32(20(2)34)12-10-22-18-30-28-8-6-24(36-4)16-26(22)28/h5-8,15-18,29-30H,9-14H2,1-4H3. The fourth-order valence-corrected chi connectivity index (χ4v) is 4.59. The van der Waals surface area contributed by atoms with E-state index in [1.54, 1.807) is 28.1 Å². The normalized spacial score (nSPS) is 11.1. The van der Waals surface area contributed by atoms with E-state index < -0.39 is 0 Å². The number of aromatic nitrogens is 2. The number of carbonyl (C=O) groups is 2. The van der Waals surface area contributed by atoms with Crippen LogP contribution in [0.5, 0.6) is 11.5 Å². The Balaban J connectivity index is 1.37. The molecule has 4 aromatic rings. The van der Waals surface area contributed by atoms with E-state index in [0.717, 1.165) is 44.4 Å². The summed E-state index contributed by atoms with van der Waals surface area (Å²) in [6.07, 6.45) is 5.40. The van der Waals surface area contributed by atoms with E-state index in [4.69, 9.17) is 9.47 Å². The van der Waals surface area contributed by atoms with Crippen LogP contribution < -0.4 is 9.47 Å². The molecule has 0 fully saturated rings. The molecule has 0 aliphatic carbocycles. The van der Waals surface area contributed by atoms with Crippen molar-refractivity contribution in [2.75, 3.05) is 40.4 Å². The summed E-state index contributed by atoms with van der Waals surface area (Å²) >= 11 is 0. The highest BCUT2D eigenvalue weighted by atomic mass is 16.5. The number of H-pyrrole nitrogens is 2. The molecule has 2 heterocycles. The van der Waals surface area contributed by atoms with Crippen LogP contribution in [0.1, 0.15) is 25.0 Å². The van der Waals surface area contributed by atoms with E-state index in [-0.39, 0.29) is 11.8 Å². The van der Waals surface area contributed by atoms with Crippen molar-refractivity contribution >= 4 is 33.6 Å². The predicted molar refractivity (Wildman–Crippen MR) is 142 cm³/mol. The minimum absolute atomic E-state index is 0.000326. The minimum Gasteiger partial charge on any atom is -0.497 e. The molecule has 0 aliphatic rings. The average Bonchev–Trinajstić information content (AvgIpc) is 3.48. The highest BCUT2D eigenvalue weighted by molar-refractivity contribution is 5.85. The third-order valence-corrected chi connectivity index (χ3v) is 6.78. The van der Waals surface area contributed by atoms with Gasteiger partial charge in [0.15, 0.2) is 0 Å². The van der Waals surface area contributed by atoms with Gasteiger partial charge in [-0.2, -0.15) is 0 Å². The number of methoxy groups -OCH3 is 2. The zero-order valence-electron chi connectivity index (χ0n) is 21.4. The summed E-state index contributed by atoms with van der Waals surface area (Å²) in [4.78, 5) is 35.0. The van der Waals surface area contributed by atoms with E-state index in [1.165, 1.54) is 0 Å². The zero-order valence-corrected chi connectivity index (χ0v) is 21.4. The second-order valence-corrected chi connectivity index (χ2v) is 8.96. The predicted octanol–water partition coefficient (Wildman–Crippen LogP) is 4.15. The molecule has 0 bridgehead atoms. The van der Waals surface area contributed by atoms with Crippen LogP contribution in [0.2, 0.25) is 0 Å². The number of hydrogen-bond acceptors (Lipinski definition) is 4. The molecule has 0 spiro atoms. The topological polar surface area (TPSA) is 90.7 Å². The van der Waals surface area contributed by atoms with Crippen LogP contribution >= 0.6 is 0 Å². The van der Waals surface area contributed by atoms with Crippen LogP contribution in [0.3, 0.4) is 0 Å². The molecule has 0 unspecified atom stereocenters. The third-order valence-electron chi connectivity index (χ3n) is 6.78. The molecule has 2 amide bonds. The number of hydrogen-bond donors (Lipinski definition) is 2. The number of ether oxygens (including phenoxy) is 2. The summed E-state index contributed by atoms with van der Waals surface area (Å²) in [5.41, 5.74) is 4.34. The Bertz CT molecular complexity index is 1250. The first-order valence-electron chi connectivity index (χ1n) is 12.2. The summed E-state index contributed by atoms with van der Waals surface area (Å²) in [6, 6.07) is 11.9. The smallest absolute Gasteiger partial charge is 0.219 e.